The van der Waals surface area contributed by atoms with Crippen molar-refractivity contribution in [2.24, 2.45) is 0 Å². The highest BCUT2D eigenvalue weighted by atomic mass is 35.5. The Morgan fingerprint density at radius 1 is 0.905 bits per heavy atom. The van der Waals surface area contributed by atoms with E-state index in [1.807, 2.05) is 53.9 Å². The Kier molecular flexibility index (Phi) is 2.69. The van der Waals surface area contributed by atoms with Crippen molar-refractivity contribution < 1.29 is 0 Å². The number of imidazole rings is 1. The maximum atomic E-state index is 5.94. The number of rotatable bonds is 1. The smallest absolute Gasteiger partial charge is 0.146 e. The Bertz CT molecular complexity index is 955. The van der Waals surface area contributed by atoms with Crippen LogP contribution in [-0.2, 0) is 0 Å². The lowest BCUT2D eigenvalue weighted by Crippen LogP contribution is -1.92. The lowest BCUT2D eigenvalue weighted by atomic mass is 10.1. The second kappa shape index (κ2) is 4.57. The first kappa shape index (κ1) is 12.4. The number of halogens is 1. The Morgan fingerprint density at radius 3 is 2.48 bits per heavy atom. The summed E-state index contributed by atoms with van der Waals surface area (Å²) >= 11 is 5.94. The van der Waals surface area contributed by atoms with E-state index in [4.69, 9.17) is 16.6 Å². The number of pyridine rings is 2. The summed E-state index contributed by atoms with van der Waals surface area (Å²) < 4.78 is 2.03. The highest BCUT2D eigenvalue weighted by Crippen LogP contribution is 2.23. The van der Waals surface area contributed by atoms with Gasteiger partial charge in [-0.3, -0.25) is 4.40 Å². The van der Waals surface area contributed by atoms with Crippen LogP contribution in [0.3, 0.4) is 0 Å². The molecule has 4 heteroatoms. The third kappa shape index (κ3) is 2.06. The molecule has 0 radical (unpaired) electrons. The van der Waals surface area contributed by atoms with Crippen molar-refractivity contribution in [1.82, 2.24) is 14.4 Å². The van der Waals surface area contributed by atoms with Crippen molar-refractivity contribution in [1.29, 1.82) is 0 Å². The van der Waals surface area contributed by atoms with Gasteiger partial charge in [0, 0.05) is 22.2 Å². The van der Waals surface area contributed by atoms with E-state index in [0.717, 1.165) is 38.7 Å². The molecule has 4 rings (SSSR count). The molecule has 0 fully saturated rings. The second-order valence-electron chi connectivity index (χ2n) is 5.06. The van der Waals surface area contributed by atoms with Crippen molar-refractivity contribution in [2.75, 3.05) is 0 Å². The van der Waals surface area contributed by atoms with Crippen LogP contribution in [0.25, 0.3) is 27.9 Å². The van der Waals surface area contributed by atoms with Gasteiger partial charge in [-0.2, -0.15) is 0 Å². The van der Waals surface area contributed by atoms with Gasteiger partial charge in [-0.05, 0) is 43.3 Å². The number of hydrogen-bond donors (Lipinski definition) is 0. The Labute approximate surface area is 126 Å². The number of aryl methyl sites for hydroxylation is 1. The van der Waals surface area contributed by atoms with E-state index in [0.29, 0.717) is 0 Å². The van der Waals surface area contributed by atoms with Gasteiger partial charge in [0.15, 0.2) is 0 Å². The van der Waals surface area contributed by atoms with E-state index in [1.165, 1.54) is 0 Å². The molecule has 3 nitrogen and oxygen atoms in total. The number of aromatic nitrogens is 3. The molecule has 4 aromatic rings. The van der Waals surface area contributed by atoms with Crippen LogP contribution in [-0.4, -0.2) is 14.4 Å². The van der Waals surface area contributed by atoms with Gasteiger partial charge in [-0.1, -0.05) is 23.7 Å². The topological polar surface area (TPSA) is 30.2 Å². The fraction of sp³-hybridized carbons (Fsp3) is 0.0588. The molecular formula is C17H12ClN3. The SMILES string of the molecule is Cc1cn2c(ccc3ccc(-c4ccc(Cl)cc4)nc32)n1. The highest BCUT2D eigenvalue weighted by Gasteiger charge is 2.06. The van der Waals surface area contributed by atoms with Crippen LogP contribution in [0.4, 0.5) is 0 Å². The first-order valence-corrected chi connectivity index (χ1v) is 7.10. The van der Waals surface area contributed by atoms with E-state index in [2.05, 4.69) is 17.1 Å². The Balaban J connectivity index is 1.99. The molecule has 0 saturated carbocycles. The third-order valence-corrected chi connectivity index (χ3v) is 3.79. The summed E-state index contributed by atoms with van der Waals surface area (Å²) in [6.45, 7) is 1.99. The zero-order chi connectivity index (χ0) is 14.4. The molecule has 3 aromatic heterocycles. The van der Waals surface area contributed by atoms with E-state index < -0.39 is 0 Å². The van der Waals surface area contributed by atoms with Gasteiger partial charge >= 0.3 is 0 Å². The summed E-state index contributed by atoms with van der Waals surface area (Å²) in [5.41, 5.74) is 4.80. The summed E-state index contributed by atoms with van der Waals surface area (Å²) in [5.74, 6) is 0. The first-order chi connectivity index (χ1) is 10.2. The average molecular weight is 294 g/mol. The van der Waals surface area contributed by atoms with Gasteiger partial charge in [-0.25, -0.2) is 9.97 Å². The lowest BCUT2D eigenvalue weighted by Gasteiger charge is -2.05. The predicted octanol–water partition coefficient (Wildman–Crippen LogP) is 4.51. The molecule has 1 aromatic carbocycles. The normalized spacial score (nSPS) is 11.3. The van der Waals surface area contributed by atoms with Crippen LogP contribution < -0.4 is 0 Å². The highest BCUT2D eigenvalue weighted by molar-refractivity contribution is 6.30. The summed E-state index contributed by atoms with van der Waals surface area (Å²) in [6.07, 6.45) is 2.01. The minimum atomic E-state index is 0.729. The van der Waals surface area contributed by atoms with E-state index in [9.17, 15) is 0 Å². The number of nitrogens with zero attached hydrogens (tertiary/aromatic N) is 3. The molecule has 0 N–H and O–H groups in total. The van der Waals surface area contributed by atoms with Crippen LogP contribution in [0.5, 0.6) is 0 Å². The zero-order valence-corrected chi connectivity index (χ0v) is 12.2. The zero-order valence-electron chi connectivity index (χ0n) is 11.4. The van der Waals surface area contributed by atoms with Crippen molar-refractivity contribution in [3.8, 4) is 11.3 Å². The fourth-order valence-corrected chi connectivity index (χ4v) is 2.66. The molecule has 21 heavy (non-hydrogen) atoms. The molecule has 0 atom stereocenters. The molecule has 0 aliphatic rings. The van der Waals surface area contributed by atoms with E-state index in [1.54, 1.807) is 0 Å². The van der Waals surface area contributed by atoms with Crippen LogP contribution in [0.1, 0.15) is 5.69 Å². The number of benzene rings is 1. The summed E-state index contributed by atoms with van der Waals surface area (Å²) in [7, 11) is 0. The minimum Gasteiger partial charge on any atom is -0.284 e. The van der Waals surface area contributed by atoms with Gasteiger partial charge in [0.25, 0.3) is 0 Å². The van der Waals surface area contributed by atoms with Crippen molar-refractivity contribution in [3.63, 3.8) is 0 Å². The minimum absolute atomic E-state index is 0.729. The fourth-order valence-electron chi connectivity index (χ4n) is 2.53. The number of fused-ring (bicyclic) bond motifs is 3. The summed E-state index contributed by atoms with van der Waals surface area (Å²) in [4.78, 5) is 9.28. The molecular weight excluding hydrogens is 282 g/mol. The Hall–Kier alpha value is -2.39. The Morgan fingerprint density at radius 2 is 1.67 bits per heavy atom. The second-order valence-corrected chi connectivity index (χ2v) is 5.50. The van der Waals surface area contributed by atoms with Crippen LogP contribution >= 0.6 is 11.6 Å². The molecule has 3 heterocycles. The quantitative estimate of drug-likeness (QED) is 0.517. The maximum absolute atomic E-state index is 5.94. The van der Waals surface area contributed by atoms with Crippen molar-refractivity contribution >= 4 is 28.3 Å². The van der Waals surface area contributed by atoms with Crippen LogP contribution in [0.2, 0.25) is 5.02 Å². The molecule has 0 spiro atoms. The molecule has 0 aliphatic heterocycles. The molecule has 0 aliphatic carbocycles. The number of hydrogen-bond acceptors (Lipinski definition) is 2. The monoisotopic (exact) mass is 293 g/mol. The van der Waals surface area contributed by atoms with Gasteiger partial charge in [-0.15, -0.1) is 0 Å². The molecule has 102 valence electrons. The predicted molar refractivity (Wildman–Crippen MR) is 85.7 cm³/mol. The molecule has 0 amide bonds. The van der Waals surface area contributed by atoms with E-state index in [-0.39, 0.29) is 0 Å². The van der Waals surface area contributed by atoms with Gasteiger partial charge in [0.2, 0.25) is 0 Å². The molecule has 0 unspecified atom stereocenters. The van der Waals surface area contributed by atoms with Gasteiger partial charge < -0.3 is 0 Å². The summed E-state index contributed by atoms with van der Waals surface area (Å²) in [5, 5.41) is 1.82. The van der Waals surface area contributed by atoms with Crippen molar-refractivity contribution in [3.05, 3.63) is 65.4 Å². The van der Waals surface area contributed by atoms with Crippen LogP contribution in [0, 0.1) is 6.92 Å². The van der Waals surface area contributed by atoms with Crippen molar-refractivity contribution in [2.45, 2.75) is 6.92 Å². The van der Waals surface area contributed by atoms with Gasteiger partial charge in [0.05, 0.1) is 11.4 Å². The van der Waals surface area contributed by atoms with Crippen LogP contribution in [0.15, 0.2) is 54.7 Å². The standard InChI is InChI=1S/C17H12ClN3/c1-11-10-21-16(19-11)9-5-13-4-8-15(20-17(13)21)12-2-6-14(18)7-3-12/h2-10H,1H3. The largest absolute Gasteiger partial charge is 0.284 e. The maximum Gasteiger partial charge on any atom is 0.146 e. The van der Waals surface area contributed by atoms with E-state index >= 15 is 0 Å². The lowest BCUT2D eigenvalue weighted by molar-refractivity contribution is 1.19. The average Bonchev–Trinajstić information content (AvgIpc) is 2.88. The molecule has 0 saturated heterocycles. The summed E-state index contributed by atoms with van der Waals surface area (Å²) in [6, 6.07) is 15.9. The third-order valence-electron chi connectivity index (χ3n) is 3.54. The molecule has 0 bridgehead atoms. The first-order valence-electron chi connectivity index (χ1n) is 6.72. The van der Waals surface area contributed by atoms with Gasteiger partial charge in [0.1, 0.15) is 11.3 Å².